The van der Waals surface area contributed by atoms with Gasteiger partial charge in [-0.05, 0) is 50.4 Å². The van der Waals surface area contributed by atoms with Crippen LogP contribution in [0.5, 0.6) is 0 Å². The van der Waals surface area contributed by atoms with Gasteiger partial charge in [0.05, 0.1) is 0 Å². The van der Waals surface area contributed by atoms with Crippen molar-refractivity contribution in [2.24, 2.45) is 5.41 Å². The Morgan fingerprint density at radius 1 is 1.17 bits per heavy atom. The molecule has 0 radical (unpaired) electrons. The van der Waals surface area contributed by atoms with Crippen LogP contribution >= 0.6 is 11.6 Å². The molecule has 3 fully saturated rings. The normalized spacial score (nSPS) is 50.6. The van der Waals surface area contributed by atoms with Crippen molar-refractivity contribution in [3.05, 3.63) is 11.6 Å². The first-order chi connectivity index (χ1) is 5.73. The third-order valence-corrected chi connectivity index (χ3v) is 4.34. The van der Waals surface area contributed by atoms with E-state index in [-0.39, 0.29) is 4.87 Å². The maximum absolute atomic E-state index is 6.25. The predicted octanol–water partition coefficient (Wildman–Crippen LogP) is 3.65. The molecule has 0 spiro atoms. The first-order valence-corrected chi connectivity index (χ1v) is 5.49. The van der Waals surface area contributed by atoms with E-state index in [1.54, 1.807) is 5.57 Å². The summed E-state index contributed by atoms with van der Waals surface area (Å²) in [5.41, 5.74) is 2.39. The molecule has 0 amide bonds. The summed E-state index contributed by atoms with van der Waals surface area (Å²) in [4.78, 5) is 0.262. The molecule has 12 heavy (non-hydrogen) atoms. The van der Waals surface area contributed by atoms with Crippen LogP contribution in [0.15, 0.2) is 11.6 Å². The largest absolute Gasteiger partial charge is 0.119 e. The third kappa shape index (κ3) is 0.797. The number of hydrogen-bond donors (Lipinski definition) is 0. The lowest BCUT2D eigenvalue weighted by Crippen LogP contribution is -2.64. The van der Waals surface area contributed by atoms with Crippen LogP contribution in [0.4, 0.5) is 0 Å². The Bertz CT molecular complexity index is 232. The minimum atomic E-state index is 0.262. The Labute approximate surface area is 79.0 Å². The SMILES string of the molecule is ClC12CC(C3=CCCCC3)(C1)C2. The van der Waals surface area contributed by atoms with Crippen molar-refractivity contribution in [3.63, 3.8) is 0 Å². The van der Waals surface area contributed by atoms with Crippen LogP contribution in [0.2, 0.25) is 0 Å². The summed E-state index contributed by atoms with van der Waals surface area (Å²) >= 11 is 6.25. The molecule has 0 unspecified atom stereocenters. The highest BCUT2D eigenvalue weighted by molar-refractivity contribution is 6.26. The average Bonchev–Trinajstić information content (AvgIpc) is 1.99. The maximum Gasteiger partial charge on any atom is 0.0472 e. The minimum Gasteiger partial charge on any atom is -0.119 e. The van der Waals surface area contributed by atoms with E-state index >= 15 is 0 Å². The molecule has 4 rings (SSSR count). The molecule has 4 aliphatic carbocycles. The molecule has 0 N–H and O–H groups in total. The van der Waals surface area contributed by atoms with Gasteiger partial charge in [0.2, 0.25) is 0 Å². The Balaban J connectivity index is 1.78. The van der Waals surface area contributed by atoms with E-state index in [1.807, 2.05) is 0 Å². The Morgan fingerprint density at radius 3 is 2.42 bits per heavy atom. The molecule has 0 saturated heterocycles. The van der Waals surface area contributed by atoms with Crippen molar-refractivity contribution in [3.8, 4) is 0 Å². The quantitative estimate of drug-likeness (QED) is 0.429. The highest BCUT2D eigenvalue weighted by Gasteiger charge is 2.67. The Morgan fingerprint density at radius 2 is 1.92 bits per heavy atom. The molecule has 0 nitrogen and oxygen atoms in total. The molecule has 1 heteroatoms. The van der Waals surface area contributed by atoms with Gasteiger partial charge in [0.25, 0.3) is 0 Å². The van der Waals surface area contributed by atoms with Gasteiger partial charge < -0.3 is 0 Å². The van der Waals surface area contributed by atoms with E-state index in [0.29, 0.717) is 5.41 Å². The zero-order valence-corrected chi connectivity index (χ0v) is 8.16. The van der Waals surface area contributed by atoms with Gasteiger partial charge in [-0.25, -0.2) is 0 Å². The van der Waals surface area contributed by atoms with Crippen molar-refractivity contribution < 1.29 is 0 Å². The van der Waals surface area contributed by atoms with Gasteiger partial charge in [0.15, 0.2) is 0 Å². The predicted molar refractivity (Wildman–Crippen MR) is 51.4 cm³/mol. The van der Waals surface area contributed by atoms with Gasteiger partial charge in [0, 0.05) is 4.87 Å². The summed E-state index contributed by atoms with van der Waals surface area (Å²) in [5, 5.41) is 0. The second-order valence-corrected chi connectivity index (χ2v) is 5.74. The molecule has 0 aromatic heterocycles. The fourth-order valence-corrected chi connectivity index (χ4v) is 4.09. The Hall–Kier alpha value is 0.0300. The topological polar surface area (TPSA) is 0 Å². The van der Waals surface area contributed by atoms with Crippen LogP contribution in [-0.2, 0) is 0 Å². The molecule has 66 valence electrons. The monoisotopic (exact) mass is 182 g/mol. The van der Waals surface area contributed by atoms with Crippen LogP contribution in [-0.4, -0.2) is 4.87 Å². The van der Waals surface area contributed by atoms with Crippen molar-refractivity contribution in [1.29, 1.82) is 0 Å². The van der Waals surface area contributed by atoms with Gasteiger partial charge >= 0.3 is 0 Å². The van der Waals surface area contributed by atoms with E-state index in [9.17, 15) is 0 Å². The first-order valence-electron chi connectivity index (χ1n) is 5.11. The van der Waals surface area contributed by atoms with E-state index in [1.165, 1.54) is 44.9 Å². The summed E-state index contributed by atoms with van der Waals surface area (Å²) in [6.07, 6.45) is 11.9. The highest BCUT2D eigenvalue weighted by atomic mass is 35.5. The van der Waals surface area contributed by atoms with E-state index in [2.05, 4.69) is 6.08 Å². The Kier molecular flexibility index (Phi) is 1.30. The highest BCUT2D eigenvalue weighted by Crippen LogP contribution is 2.74. The minimum absolute atomic E-state index is 0.262. The van der Waals surface area contributed by atoms with Crippen LogP contribution < -0.4 is 0 Å². The summed E-state index contributed by atoms with van der Waals surface area (Å²) in [5.74, 6) is 0. The molecule has 3 saturated carbocycles. The van der Waals surface area contributed by atoms with Crippen LogP contribution in [0.1, 0.15) is 44.9 Å². The van der Waals surface area contributed by atoms with Crippen LogP contribution in [0.3, 0.4) is 0 Å². The zero-order chi connectivity index (χ0) is 8.23. The van der Waals surface area contributed by atoms with Crippen LogP contribution in [0.25, 0.3) is 0 Å². The smallest absolute Gasteiger partial charge is 0.0472 e. The summed E-state index contributed by atoms with van der Waals surface area (Å²) in [6.45, 7) is 0. The molecule has 0 aromatic rings. The number of hydrogen-bond acceptors (Lipinski definition) is 0. The van der Waals surface area contributed by atoms with E-state index in [4.69, 9.17) is 11.6 Å². The van der Waals surface area contributed by atoms with Gasteiger partial charge in [-0.15, -0.1) is 11.6 Å². The van der Waals surface area contributed by atoms with E-state index in [0.717, 1.165) is 0 Å². The lowest BCUT2D eigenvalue weighted by atomic mass is 9.40. The van der Waals surface area contributed by atoms with Crippen molar-refractivity contribution >= 4 is 11.6 Å². The third-order valence-electron chi connectivity index (χ3n) is 3.94. The van der Waals surface area contributed by atoms with Gasteiger partial charge in [-0.3, -0.25) is 0 Å². The summed E-state index contributed by atoms with van der Waals surface area (Å²) < 4.78 is 0. The lowest BCUT2D eigenvalue weighted by molar-refractivity contribution is -0.0477. The second kappa shape index (κ2) is 2.09. The number of halogens is 1. The molecular weight excluding hydrogens is 168 g/mol. The van der Waals surface area contributed by atoms with Gasteiger partial charge in [0.1, 0.15) is 0 Å². The first kappa shape index (κ1) is 7.44. The van der Waals surface area contributed by atoms with Crippen molar-refractivity contribution in [2.45, 2.75) is 49.8 Å². The fraction of sp³-hybridized carbons (Fsp3) is 0.818. The molecule has 0 aromatic carbocycles. The molecule has 0 heterocycles. The molecule has 0 aliphatic heterocycles. The molecule has 2 bridgehead atoms. The van der Waals surface area contributed by atoms with Gasteiger partial charge in [-0.2, -0.15) is 0 Å². The van der Waals surface area contributed by atoms with Crippen LogP contribution in [0, 0.1) is 5.41 Å². The second-order valence-electron chi connectivity index (χ2n) is 4.94. The molecule has 0 atom stereocenters. The number of allylic oxidation sites excluding steroid dienone is 2. The average molecular weight is 183 g/mol. The standard InChI is InChI=1S/C11H15Cl/c12-11-6-10(7-11,8-11)9-4-2-1-3-5-9/h4H,1-3,5-8H2. The lowest BCUT2D eigenvalue weighted by Gasteiger charge is -2.69. The van der Waals surface area contributed by atoms with Crippen molar-refractivity contribution in [1.82, 2.24) is 0 Å². The van der Waals surface area contributed by atoms with E-state index < -0.39 is 0 Å². The maximum atomic E-state index is 6.25. The fourth-order valence-electron chi connectivity index (χ4n) is 3.32. The molecule has 4 aliphatic rings. The molecular formula is C11H15Cl. The van der Waals surface area contributed by atoms with Crippen molar-refractivity contribution in [2.75, 3.05) is 0 Å². The zero-order valence-electron chi connectivity index (χ0n) is 7.41. The summed E-state index contributed by atoms with van der Waals surface area (Å²) in [6, 6.07) is 0. The summed E-state index contributed by atoms with van der Waals surface area (Å²) in [7, 11) is 0. The van der Waals surface area contributed by atoms with Gasteiger partial charge in [-0.1, -0.05) is 11.6 Å². The number of alkyl halides is 1. The number of rotatable bonds is 1.